The fourth-order valence-corrected chi connectivity index (χ4v) is 6.85. The van der Waals surface area contributed by atoms with Crippen molar-refractivity contribution in [3.05, 3.63) is 101 Å². The van der Waals surface area contributed by atoms with Crippen molar-refractivity contribution >= 4 is 40.5 Å². The molecule has 314 valence electrons. The van der Waals surface area contributed by atoms with Gasteiger partial charge in [0.2, 0.25) is 0 Å². The van der Waals surface area contributed by atoms with Crippen molar-refractivity contribution in [1.82, 2.24) is 25.3 Å². The average molecular weight is 813 g/mol. The summed E-state index contributed by atoms with van der Waals surface area (Å²) in [7, 11) is 3.12. The molecule has 0 spiro atoms. The molecule has 4 amide bonds. The molecule has 0 fully saturated rings. The van der Waals surface area contributed by atoms with E-state index in [1.807, 2.05) is 36.1 Å². The number of hydrogen-bond donors (Lipinski definition) is 3. The molecule has 1 atom stereocenters. The largest absolute Gasteiger partial charge is 0.468 e. The minimum Gasteiger partial charge on any atom is -0.468 e. The molecule has 16 nitrogen and oxygen atoms in total. The summed E-state index contributed by atoms with van der Waals surface area (Å²) in [4.78, 5) is 60.2. The molecule has 0 saturated carbocycles. The van der Waals surface area contributed by atoms with Crippen LogP contribution in [0.5, 0.6) is 11.5 Å². The van der Waals surface area contributed by atoms with E-state index in [0.29, 0.717) is 41.4 Å². The molecule has 3 N–H and O–H groups in total. The fraction of sp³-hybridized carbons (Fsp3) is 0.395. The third-order valence-corrected chi connectivity index (χ3v) is 9.74. The van der Waals surface area contributed by atoms with E-state index >= 15 is 0 Å². The minimum atomic E-state index is -0.684. The zero-order chi connectivity index (χ0) is 42.3. The Hall–Kier alpha value is -6.10. The van der Waals surface area contributed by atoms with Gasteiger partial charge in [0.05, 0.1) is 31.2 Å². The molecule has 0 bridgehead atoms. The van der Waals surface area contributed by atoms with Gasteiger partial charge in [0.1, 0.15) is 29.0 Å². The number of methoxy groups -OCH3 is 1. The lowest BCUT2D eigenvalue weighted by Gasteiger charge is -2.28. The molecule has 0 radical (unpaired) electrons. The van der Waals surface area contributed by atoms with Crippen LogP contribution >= 0.6 is 0 Å². The molecule has 16 heteroatoms. The van der Waals surface area contributed by atoms with Crippen molar-refractivity contribution in [2.75, 3.05) is 71.8 Å². The Kier molecular flexibility index (Phi) is 13.4. The van der Waals surface area contributed by atoms with Crippen LogP contribution in [0, 0.1) is 6.92 Å². The van der Waals surface area contributed by atoms with Crippen molar-refractivity contribution in [3.8, 4) is 11.5 Å². The summed E-state index contributed by atoms with van der Waals surface area (Å²) in [6, 6.07) is 14.2. The SMILES string of the molecule is COCOc1ccc(C(=O)NC2=CN3C=C(C(=O)N4CCc5c4cc(OC(=O)N(CCOCCO)CCN(C)C(=O)OC(C)(C)C)c4cccc(C)c54)NC3C=C2)cc1. The van der Waals surface area contributed by atoms with Gasteiger partial charge in [-0.25, -0.2) is 9.59 Å². The number of anilines is 1. The first-order chi connectivity index (χ1) is 28.3. The van der Waals surface area contributed by atoms with Gasteiger partial charge in [0, 0.05) is 69.8 Å². The van der Waals surface area contributed by atoms with Gasteiger partial charge in [0.25, 0.3) is 11.8 Å². The number of aliphatic hydroxyl groups is 1. The van der Waals surface area contributed by atoms with E-state index in [1.54, 1.807) is 81.5 Å². The Balaban J connectivity index is 1.19. The number of nitrogens with zero attached hydrogens (tertiary/aromatic N) is 4. The Labute approximate surface area is 343 Å². The second kappa shape index (κ2) is 18.7. The lowest BCUT2D eigenvalue weighted by molar-refractivity contribution is -0.115. The van der Waals surface area contributed by atoms with Crippen molar-refractivity contribution in [2.45, 2.75) is 45.9 Å². The van der Waals surface area contributed by atoms with E-state index in [-0.39, 0.29) is 70.0 Å². The number of hydrogen-bond acceptors (Lipinski definition) is 12. The van der Waals surface area contributed by atoms with Crippen molar-refractivity contribution in [2.24, 2.45) is 0 Å². The van der Waals surface area contributed by atoms with Gasteiger partial charge in [0.15, 0.2) is 6.79 Å². The second-order valence-electron chi connectivity index (χ2n) is 15.2. The minimum absolute atomic E-state index is 0.103. The van der Waals surface area contributed by atoms with E-state index < -0.39 is 17.8 Å². The third kappa shape index (κ3) is 10.3. The Morgan fingerprint density at radius 2 is 1.78 bits per heavy atom. The van der Waals surface area contributed by atoms with Crippen molar-refractivity contribution in [1.29, 1.82) is 0 Å². The highest BCUT2D eigenvalue weighted by atomic mass is 16.7. The van der Waals surface area contributed by atoms with Gasteiger partial charge in [-0.15, -0.1) is 0 Å². The summed E-state index contributed by atoms with van der Waals surface area (Å²) in [6.07, 6.45) is 6.16. The van der Waals surface area contributed by atoms with Crippen LogP contribution in [-0.2, 0) is 25.4 Å². The highest BCUT2D eigenvalue weighted by Crippen LogP contribution is 2.42. The number of aryl methyl sites for hydroxylation is 1. The lowest BCUT2D eigenvalue weighted by atomic mass is 9.97. The molecule has 3 aromatic carbocycles. The number of rotatable bonds is 15. The fourth-order valence-electron chi connectivity index (χ4n) is 6.85. The Bertz CT molecular complexity index is 2140. The third-order valence-electron chi connectivity index (χ3n) is 9.74. The molecule has 3 aromatic rings. The number of ether oxygens (including phenoxy) is 5. The molecule has 3 aliphatic rings. The molecule has 1 unspecified atom stereocenters. The molecular weight excluding hydrogens is 761 g/mol. The van der Waals surface area contributed by atoms with Crippen LogP contribution in [-0.4, -0.2) is 123 Å². The van der Waals surface area contributed by atoms with Gasteiger partial charge < -0.3 is 59.0 Å². The predicted octanol–water partition coefficient (Wildman–Crippen LogP) is 4.61. The molecule has 6 rings (SSSR count). The molecule has 59 heavy (non-hydrogen) atoms. The van der Waals surface area contributed by atoms with E-state index in [1.165, 1.54) is 16.9 Å². The first-order valence-electron chi connectivity index (χ1n) is 19.4. The maximum Gasteiger partial charge on any atom is 0.415 e. The van der Waals surface area contributed by atoms with Crippen molar-refractivity contribution in [3.63, 3.8) is 0 Å². The summed E-state index contributed by atoms with van der Waals surface area (Å²) >= 11 is 0. The number of nitrogens with one attached hydrogen (secondary N) is 2. The maximum atomic E-state index is 14.3. The summed E-state index contributed by atoms with van der Waals surface area (Å²) in [5.41, 5.74) is 3.23. The van der Waals surface area contributed by atoms with E-state index in [4.69, 9.17) is 23.7 Å². The maximum absolute atomic E-state index is 14.3. The second-order valence-corrected chi connectivity index (χ2v) is 15.2. The quantitative estimate of drug-likeness (QED) is 0.144. The molecular formula is C43H52N6O10. The van der Waals surface area contributed by atoms with Gasteiger partial charge in [-0.2, -0.15) is 0 Å². The van der Waals surface area contributed by atoms with Crippen LogP contribution in [0.3, 0.4) is 0 Å². The summed E-state index contributed by atoms with van der Waals surface area (Å²) < 4.78 is 27.4. The van der Waals surface area contributed by atoms with Gasteiger partial charge in [-0.1, -0.05) is 18.2 Å². The number of amides is 4. The van der Waals surface area contributed by atoms with Crippen LogP contribution in [0.4, 0.5) is 15.3 Å². The number of carbonyl (C=O) groups is 4. The topological polar surface area (TPSA) is 172 Å². The zero-order valence-electron chi connectivity index (χ0n) is 34.3. The first kappa shape index (κ1) is 42.5. The molecule has 3 heterocycles. The van der Waals surface area contributed by atoms with Crippen LogP contribution in [0.2, 0.25) is 0 Å². The number of likely N-dealkylation sites (N-methyl/N-ethyl adjacent to an activating group) is 1. The smallest absolute Gasteiger partial charge is 0.415 e. The van der Waals surface area contributed by atoms with Gasteiger partial charge in [-0.3, -0.25) is 9.59 Å². The monoisotopic (exact) mass is 812 g/mol. The van der Waals surface area contributed by atoms with Crippen LogP contribution in [0.15, 0.2) is 84.5 Å². The van der Waals surface area contributed by atoms with Crippen LogP contribution < -0.4 is 25.0 Å². The first-order valence-corrected chi connectivity index (χ1v) is 19.4. The van der Waals surface area contributed by atoms with E-state index in [2.05, 4.69) is 10.6 Å². The van der Waals surface area contributed by atoms with Crippen LogP contribution in [0.1, 0.15) is 42.3 Å². The number of benzene rings is 3. The number of allylic oxidation sites excluding steroid dienone is 1. The zero-order valence-corrected chi connectivity index (χ0v) is 34.3. The normalized spacial score (nSPS) is 15.5. The molecule has 0 saturated heterocycles. The van der Waals surface area contributed by atoms with Gasteiger partial charge >= 0.3 is 12.2 Å². The number of aliphatic hydroxyl groups excluding tert-OH is 1. The van der Waals surface area contributed by atoms with Crippen molar-refractivity contribution < 1.29 is 48.0 Å². The van der Waals surface area contributed by atoms with Gasteiger partial charge in [-0.05, 0) is 87.0 Å². The number of carbonyl (C=O) groups excluding carboxylic acids is 4. The summed E-state index contributed by atoms with van der Waals surface area (Å²) in [5.74, 6) is 0.293. The summed E-state index contributed by atoms with van der Waals surface area (Å²) in [6.45, 7) is 8.32. The lowest BCUT2D eigenvalue weighted by Crippen LogP contribution is -2.43. The highest BCUT2D eigenvalue weighted by Gasteiger charge is 2.35. The summed E-state index contributed by atoms with van der Waals surface area (Å²) in [5, 5.41) is 17.0. The van der Waals surface area contributed by atoms with Crippen LogP contribution in [0.25, 0.3) is 10.8 Å². The van der Waals surface area contributed by atoms with E-state index in [0.717, 1.165) is 21.9 Å². The average Bonchev–Trinajstić information content (AvgIpc) is 3.83. The predicted molar refractivity (Wildman–Crippen MR) is 220 cm³/mol. The molecule has 0 aliphatic carbocycles. The highest BCUT2D eigenvalue weighted by molar-refractivity contribution is 6.10. The standard InChI is InChI=1S/C43H52N6O10/c1-28-8-7-9-33-36(58-42(54)47(20-22-56-23-21-50)19-18-46(5)41(53)59-43(2,3)4)24-35-32(38(28)33)16-17-49(35)40(52)34-26-48-25-30(12-15-37(48)45-34)44-39(51)29-10-13-31(14-11-29)57-27-55-6/h7-15,24-26,37,45,50H,16-23,27H2,1-6H3,(H,44,51). The number of fused-ring (bicyclic) bond motifs is 4. The van der Waals surface area contributed by atoms with E-state index in [9.17, 15) is 24.3 Å². The molecule has 0 aromatic heterocycles. The molecule has 3 aliphatic heterocycles. The Morgan fingerprint density at radius 1 is 1.00 bits per heavy atom. The Morgan fingerprint density at radius 3 is 2.51 bits per heavy atom.